The maximum Gasteiger partial charge on any atom is 0.424 e. The fraction of sp³-hybridized carbons (Fsp3) is 0.600. The van der Waals surface area contributed by atoms with Gasteiger partial charge < -0.3 is 20.1 Å². The molecule has 0 aliphatic carbocycles. The Labute approximate surface area is 129 Å². The molecule has 14 heteroatoms. The summed E-state index contributed by atoms with van der Waals surface area (Å²) in [6.45, 7) is -1.43. The third-order valence-electron chi connectivity index (χ3n) is 3.53. The number of hydrogen-bond acceptors (Lipinski definition) is 7. The van der Waals surface area contributed by atoms with Gasteiger partial charge in [-0.25, -0.2) is 4.79 Å². The summed E-state index contributed by atoms with van der Waals surface area (Å²) in [6.07, 6.45) is -10.6. The van der Waals surface area contributed by atoms with E-state index in [1.807, 2.05) is 0 Å². The summed E-state index contributed by atoms with van der Waals surface area (Å²) in [4.78, 5) is 26.5. The van der Waals surface area contributed by atoms with E-state index in [1.54, 1.807) is 4.98 Å². The number of nitrogens with one attached hydrogen (secondary N) is 1. The molecule has 2 rings (SSSR count). The molecule has 132 valence electrons. The first kappa shape index (κ1) is 18.0. The molecule has 0 amide bonds. The van der Waals surface area contributed by atoms with Crippen LogP contribution in [0.1, 0.15) is 6.23 Å². The zero-order valence-electron chi connectivity index (χ0n) is 11.5. The van der Waals surface area contributed by atoms with Gasteiger partial charge in [0.25, 0.3) is 5.56 Å². The number of aliphatic hydroxyl groups is 3. The lowest BCUT2D eigenvalue weighted by Gasteiger charge is -2.33. The molecule has 0 bridgehead atoms. The zero-order valence-corrected chi connectivity index (χ0v) is 11.5. The van der Waals surface area contributed by atoms with E-state index in [-0.39, 0.29) is 4.57 Å². The minimum absolute atomic E-state index is 0.141. The van der Waals surface area contributed by atoms with Crippen LogP contribution in [-0.2, 0) is 4.74 Å². The Morgan fingerprint density at radius 2 is 2.12 bits per heavy atom. The van der Waals surface area contributed by atoms with Crippen molar-refractivity contribution in [2.24, 2.45) is 5.11 Å². The van der Waals surface area contributed by atoms with Crippen LogP contribution in [0.5, 0.6) is 0 Å². The molecule has 1 saturated heterocycles. The molecule has 24 heavy (non-hydrogen) atoms. The first-order valence-electron chi connectivity index (χ1n) is 6.17. The van der Waals surface area contributed by atoms with Crippen molar-refractivity contribution in [3.63, 3.8) is 0 Å². The Kier molecular flexibility index (Phi) is 4.20. The largest absolute Gasteiger partial charge is 0.424 e. The van der Waals surface area contributed by atoms with Gasteiger partial charge in [0.2, 0.25) is 11.3 Å². The molecule has 4 atom stereocenters. The molecule has 0 radical (unpaired) electrons. The first-order valence-corrected chi connectivity index (χ1v) is 6.17. The second-order valence-corrected chi connectivity index (χ2v) is 4.91. The quantitative estimate of drug-likeness (QED) is 0.299. The Bertz CT molecular complexity index is 801. The lowest BCUT2D eigenvalue weighted by atomic mass is 9.90. The van der Waals surface area contributed by atoms with Crippen molar-refractivity contribution < 1.29 is 33.2 Å². The number of halogens is 3. The minimum atomic E-state index is -5.56. The van der Waals surface area contributed by atoms with Crippen LogP contribution in [0, 0.1) is 0 Å². The van der Waals surface area contributed by atoms with Crippen molar-refractivity contribution >= 4 is 0 Å². The van der Waals surface area contributed by atoms with Crippen LogP contribution in [0.4, 0.5) is 13.2 Å². The maximum absolute atomic E-state index is 13.4. The topological polar surface area (TPSA) is 174 Å². The molecule has 1 aromatic heterocycles. The lowest BCUT2D eigenvalue weighted by molar-refractivity contribution is -0.304. The third-order valence-corrected chi connectivity index (χ3v) is 3.53. The Hall–Kier alpha value is -2.38. The summed E-state index contributed by atoms with van der Waals surface area (Å²) in [7, 11) is 0. The van der Waals surface area contributed by atoms with Crippen molar-refractivity contribution in [3.05, 3.63) is 43.5 Å². The van der Waals surface area contributed by atoms with Gasteiger partial charge in [0.1, 0.15) is 6.10 Å². The van der Waals surface area contributed by atoms with Crippen LogP contribution in [0.2, 0.25) is 0 Å². The normalized spacial score (nSPS) is 33.2. The zero-order chi connectivity index (χ0) is 18.3. The molecule has 1 aliphatic rings. The van der Waals surface area contributed by atoms with Crippen LogP contribution >= 0.6 is 0 Å². The molecular weight excluding hydrogens is 343 g/mol. The molecule has 4 N–H and O–H groups in total. The van der Waals surface area contributed by atoms with Gasteiger partial charge in [0.15, 0.2) is 6.23 Å². The standard InChI is InChI=1S/C10H10F3N5O6/c11-10(12,13)9(23)5(21)8(3-19,16-17-14)24-6(9)18-2-1-4(20)15-7(18)22/h1-2,5-6,19,21,23H,3H2,(H,15,20,22)/t5?,6-,8-,9-/m1/s1. The molecule has 1 unspecified atom stereocenters. The number of ether oxygens (including phenoxy) is 1. The summed E-state index contributed by atoms with van der Waals surface area (Å²) in [6, 6.07) is 0.667. The van der Waals surface area contributed by atoms with Crippen molar-refractivity contribution in [2.75, 3.05) is 6.61 Å². The third kappa shape index (κ3) is 2.37. The van der Waals surface area contributed by atoms with Crippen molar-refractivity contribution in [3.8, 4) is 0 Å². The summed E-state index contributed by atoms with van der Waals surface area (Å²) in [5.74, 6) is 0. The maximum atomic E-state index is 13.4. The SMILES string of the molecule is [N-]=[N+]=N[C@]1(CO)O[C@@H](n2ccc(=O)[nH]c2=O)[C@@](O)(C(F)(F)F)C1O. The average Bonchev–Trinajstić information content (AvgIpc) is 2.71. The van der Waals surface area contributed by atoms with E-state index in [0.717, 1.165) is 0 Å². The smallest absolute Gasteiger partial charge is 0.393 e. The van der Waals surface area contributed by atoms with E-state index < -0.39 is 47.7 Å². The number of aromatic amines is 1. The highest BCUT2D eigenvalue weighted by molar-refractivity contribution is 5.12. The number of nitrogens with zero attached hydrogens (tertiary/aromatic N) is 4. The van der Waals surface area contributed by atoms with Gasteiger partial charge in [-0.1, -0.05) is 5.11 Å². The summed E-state index contributed by atoms with van der Waals surface area (Å²) in [5.41, 5.74) is -0.912. The molecule has 11 nitrogen and oxygen atoms in total. The summed E-state index contributed by atoms with van der Waals surface area (Å²) in [5, 5.41) is 32.0. The number of azide groups is 1. The lowest BCUT2D eigenvalue weighted by Crippen LogP contribution is -2.60. The predicted octanol–water partition coefficient (Wildman–Crippen LogP) is -1.28. The molecule has 0 saturated carbocycles. The number of alkyl halides is 3. The Morgan fingerprint density at radius 3 is 2.58 bits per heavy atom. The monoisotopic (exact) mass is 353 g/mol. The Morgan fingerprint density at radius 1 is 1.50 bits per heavy atom. The number of aromatic nitrogens is 2. The number of hydrogen-bond donors (Lipinski definition) is 4. The van der Waals surface area contributed by atoms with Crippen LogP contribution in [0.3, 0.4) is 0 Å². The van der Waals surface area contributed by atoms with E-state index in [4.69, 9.17) is 10.3 Å². The van der Waals surface area contributed by atoms with Crippen LogP contribution < -0.4 is 11.2 Å². The number of aliphatic hydroxyl groups excluding tert-OH is 2. The average molecular weight is 353 g/mol. The highest BCUT2D eigenvalue weighted by atomic mass is 19.4. The molecule has 2 heterocycles. The summed E-state index contributed by atoms with van der Waals surface area (Å²) < 4.78 is 45.0. The van der Waals surface area contributed by atoms with Gasteiger partial charge in [-0.2, -0.15) is 13.2 Å². The number of rotatable bonds is 3. The van der Waals surface area contributed by atoms with E-state index in [2.05, 4.69) is 10.0 Å². The van der Waals surface area contributed by atoms with Gasteiger partial charge >= 0.3 is 11.9 Å². The first-order chi connectivity index (χ1) is 11.0. The second kappa shape index (κ2) is 5.61. The second-order valence-electron chi connectivity index (χ2n) is 4.91. The van der Waals surface area contributed by atoms with Crippen LogP contribution in [-0.4, -0.2) is 55.1 Å². The molecule has 1 fully saturated rings. The summed E-state index contributed by atoms with van der Waals surface area (Å²) >= 11 is 0. The van der Waals surface area contributed by atoms with Crippen LogP contribution in [0.25, 0.3) is 10.4 Å². The van der Waals surface area contributed by atoms with E-state index in [0.29, 0.717) is 12.3 Å². The van der Waals surface area contributed by atoms with Crippen molar-refractivity contribution in [1.29, 1.82) is 0 Å². The van der Waals surface area contributed by atoms with E-state index in [9.17, 15) is 38.1 Å². The van der Waals surface area contributed by atoms with Gasteiger partial charge in [-0.05, 0) is 5.53 Å². The van der Waals surface area contributed by atoms with E-state index in [1.165, 1.54) is 0 Å². The van der Waals surface area contributed by atoms with Gasteiger partial charge in [0.05, 0.1) is 6.61 Å². The molecular formula is C10H10F3N5O6. The highest BCUT2D eigenvalue weighted by Gasteiger charge is 2.75. The number of H-pyrrole nitrogens is 1. The Balaban J connectivity index is 2.74. The molecule has 0 spiro atoms. The molecule has 1 aliphatic heterocycles. The van der Waals surface area contributed by atoms with E-state index >= 15 is 0 Å². The van der Waals surface area contributed by atoms with Crippen LogP contribution in [0.15, 0.2) is 27.0 Å². The van der Waals surface area contributed by atoms with Gasteiger partial charge in [-0.3, -0.25) is 14.3 Å². The predicted molar refractivity (Wildman–Crippen MR) is 67.4 cm³/mol. The highest BCUT2D eigenvalue weighted by Crippen LogP contribution is 2.52. The van der Waals surface area contributed by atoms with Gasteiger partial charge in [-0.15, -0.1) is 0 Å². The van der Waals surface area contributed by atoms with Crippen molar-refractivity contribution in [2.45, 2.75) is 29.8 Å². The molecule has 0 aromatic carbocycles. The fourth-order valence-electron chi connectivity index (χ4n) is 2.31. The minimum Gasteiger partial charge on any atom is -0.393 e. The fourth-order valence-corrected chi connectivity index (χ4v) is 2.31. The van der Waals surface area contributed by atoms with Gasteiger partial charge in [0, 0.05) is 17.2 Å². The molecule has 1 aromatic rings. The van der Waals surface area contributed by atoms with Crippen molar-refractivity contribution in [1.82, 2.24) is 9.55 Å².